The summed E-state index contributed by atoms with van der Waals surface area (Å²) in [6.07, 6.45) is -1.24. The van der Waals surface area contributed by atoms with Crippen LogP contribution in [0.5, 0.6) is 0 Å². The van der Waals surface area contributed by atoms with Crippen LogP contribution in [0.2, 0.25) is 0 Å². The molecule has 0 saturated heterocycles. The Morgan fingerprint density at radius 1 is 1.03 bits per heavy atom. The Kier molecular flexibility index (Phi) is 8.26. The second-order valence-electron chi connectivity index (χ2n) is 8.97. The number of dihydropyridines is 1. The normalized spacial score (nSPS) is 17.4. The van der Waals surface area contributed by atoms with Gasteiger partial charge in [-0.3, -0.25) is 10.1 Å². The lowest BCUT2D eigenvalue weighted by atomic mass is 9.80. The molecule has 1 aliphatic rings. The molecule has 0 bridgehead atoms. The largest absolute Gasteiger partial charge is 0.478 e. The zero-order valence-electron chi connectivity index (χ0n) is 20.8. The van der Waals surface area contributed by atoms with E-state index in [0.717, 1.165) is 5.56 Å². The number of benzene rings is 2. The monoisotopic (exact) mass is 494 g/mol. The number of nitrogens with zero attached hydrogens (tertiary/aromatic N) is 1. The number of carboxylic acids is 1. The van der Waals surface area contributed by atoms with Gasteiger partial charge in [-0.05, 0) is 30.9 Å². The number of carbonyl (C=O) groups excluding carboxylic acids is 1. The molecular formula is C27H30N2O7. The van der Waals surface area contributed by atoms with Crippen molar-refractivity contribution in [3.63, 3.8) is 0 Å². The molecule has 2 aromatic carbocycles. The number of carboxylic acid groups (broad SMARTS) is 1. The van der Waals surface area contributed by atoms with E-state index in [4.69, 9.17) is 9.47 Å². The second kappa shape index (κ2) is 11.2. The molecule has 3 rings (SSSR count). The lowest BCUT2D eigenvalue weighted by Gasteiger charge is -2.33. The molecule has 0 fully saturated rings. The Morgan fingerprint density at radius 2 is 1.67 bits per heavy atom. The minimum atomic E-state index is -1.24. The van der Waals surface area contributed by atoms with Crippen molar-refractivity contribution in [2.45, 2.75) is 45.8 Å². The molecule has 190 valence electrons. The van der Waals surface area contributed by atoms with E-state index in [1.807, 2.05) is 44.2 Å². The molecule has 0 aliphatic carbocycles. The fraction of sp³-hybridized carbons (Fsp3) is 0.333. The number of hydrogen-bond donors (Lipinski definition) is 2. The van der Waals surface area contributed by atoms with Gasteiger partial charge in [-0.15, -0.1) is 0 Å². The maximum absolute atomic E-state index is 13.7. The van der Waals surface area contributed by atoms with Crippen molar-refractivity contribution in [2.75, 3.05) is 7.11 Å². The van der Waals surface area contributed by atoms with Crippen molar-refractivity contribution < 1.29 is 29.1 Å². The summed E-state index contributed by atoms with van der Waals surface area (Å²) in [6.45, 7) is 7.04. The van der Waals surface area contributed by atoms with Crippen molar-refractivity contribution in [1.82, 2.24) is 5.32 Å². The van der Waals surface area contributed by atoms with E-state index in [1.165, 1.54) is 25.3 Å². The number of rotatable bonds is 9. The SMILES string of the molecule is CO[C@H](c1ccccc1)C(OC(=O)C1=C(C)NC(C)=C(C(=O)O)C1c1cccc([N+](=O)[O-])c1)C(C)C. The molecular weight excluding hydrogens is 464 g/mol. The van der Waals surface area contributed by atoms with Gasteiger partial charge in [0.1, 0.15) is 12.2 Å². The van der Waals surface area contributed by atoms with Crippen molar-refractivity contribution in [1.29, 1.82) is 0 Å². The highest BCUT2D eigenvalue weighted by Crippen LogP contribution is 2.40. The molecule has 2 N–H and O–H groups in total. The predicted molar refractivity (Wildman–Crippen MR) is 133 cm³/mol. The third-order valence-corrected chi connectivity index (χ3v) is 6.21. The zero-order valence-corrected chi connectivity index (χ0v) is 20.8. The molecule has 2 unspecified atom stereocenters. The highest BCUT2D eigenvalue weighted by atomic mass is 16.6. The lowest BCUT2D eigenvalue weighted by Crippen LogP contribution is -2.36. The third-order valence-electron chi connectivity index (χ3n) is 6.21. The quantitative estimate of drug-likeness (QED) is 0.287. The number of nitro groups is 1. The van der Waals surface area contributed by atoms with Gasteiger partial charge in [-0.1, -0.05) is 56.3 Å². The van der Waals surface area contributed by atoms with E-state index in [2.05, 4.69) is 5.32 Å². The Hall–Kier alpha value is -3.98. The second-order valence-corrected chi connectivity index (χ2v) is 8.97. The molecule has 3 atom stereocenters. The van der Waals surface area contributed by atoms with Crippen molar-refractivity contribution >= 4 is 17.6 Å². The topological polar surface area (TPSA) is 128 Å². The van der Waals surface area contributed by atoms with E-state index in [1.54, 1.807) is 19.9 Å². The number of ether oxygens (including phenoxy) is 2. The van der Waals surface area contributed by atoms with Crippen LogP contribution in [0.1, 0.15) is 50.8 Å². The smallest absolute Gasteiger partial charge is 0.337 e. The summed E-state index contributed by atoms with van der Waals surface area (Å²) in [5.41, 5.74) is 1.68. The highest BCUT2D eigenvalue weighted by molar-refractivity contribution is 5.99. The van der Waals surface area contributed by atoms with E-state index in [9.17, 15) is 24.8 Å². The number of nitrogens with one attached hydrogen (secondary N) is 1. The first-order valence-corrected chi connectivity index (χ1v) is 11.5. The van der Waals surface area contributed by atoms with Gasteiger partial charge in [-0.25, -0.2) is 9.59 Å². The molecule has 9 heteroatoms. The molecule has 1 heterocycles. The number of hydrogen-bond acceptors (Lipinski definition) is 7. The van der Waals surface area contributed by atoms with Crippen molar-refractivity contribution in [3.05, 3.63) is 98.4 Å². The van der Waals surface area contributed by atoms with Gasteiger partial charge in [0.2, 0.25) is 0 Å². The number of nitro benzene ring substituents is 1. The van der Waals surface area contributed by atoms with Gasteiger partial charge < -0.3 is 19.9 Å². The molecule has 0 spiro atoms. The minimum Gasteiger partial charge on any atom is -0.478 e. The number of carbonyl (C=O) groups is 2. The summed E-state index contributed by atoms with van der Waals surface area (Å²) < 4.78 is 11.7. The fourth-order valence-corrected chi connectivity index (χ4v) is 4.54. The van der Waals surface area contributed by atoms with Crippen LogP contribution in [0.25, 0.3) is 0 Å². The Balaban J connectivity index is 2.08. The maximum atomic E-state index is 13.7. The average molecular weight is 495 g/mol. The van der Waals surface area contributed by atoms with Gasteiger partial charge in [0, 0.05) is 30.6 Å². The van der Waals surface area contributed by atoms with Crippen LogP contribution in [-0.2, 0) is 19.1 Å². The number of allylic oxidation sites excluding steroid dienone is 2. The first-order valence-electron chi connectivity index (χ1n) is 11.5. The first-order chi connectivity index (χ1) is 17.1. The average Bonchev–Trinajstić information content (AvgIpc) is 2.83. The number of methoxy groups -OCH3 is 1. The van der Waals surface area contributed by atoms with Crippen LogP contribution in [-0.4, -0.2) is 35.2 Å². The molecule has 0 amide bonds. The van der Waals surface area contributed by atoms with Gasteiger partial charge in [0.15, 0.2) is 0 Å². The van der Waals surface area contributed by atoms with Crippen LogP contribution in [0.4, 0.5) is 5.69 Å². The summed E-state index contributed by atoms with van der Waals surface area (Å²) in [4.78, 5) is 36.9. The molecule has 0 saturated carbocycles. The maximum Gasteiger partial charge on any atom is 0.337 e. The Labute approximate surface area is 209 Å². The van der Waals surface area contributed by atoms with Gasteiger partial charge in [-0.2, -0.15) is 0 Å². The summed E-state index contributed by atoms with van der Waals surface area (Å²) in [6, 6.07) is 15.0. The van der Waals surface area contributed by atoms with Crippen LogP contribution in [0.3, 0.4) is 0 Å². The van der Waals surface area contributed by atoms with E-state index in [-0.39, 0.29) is 22.8 Å². The van der Waals surface area contributed by atoms with Crippen LogP contribution in [0.15, 0.2) is 77.1 Å². The van der Waals surface area contributed by atoms with Crippen LogP contribution in [0, 0.1) is 16.0 Å². The lowest BCUT2D eigenvalue weighted by molar-refractivity contribution is -0.384. The summed E-state index contributed by atoms with van der Waals surface area (Å²) in [7, 11) is 1.54. The standard InChI is InChI=1S/C27H30N2O7/c1-15(2)24(25(35-5)18-10-7-6-8-11-18)36-27(32)22-17(4)28-16(3)21(26(30)31)23(22)19-12-9-13-20(14-19)29(33)34/h6-15,23-25,28H,1-5H3,(H,30,31)/t23?,24?,25-/m1/s1. The highest BCUT2D eigenvalue weighted by Gasteiger charge is 2.40. The number of non-ortho nitro benzene ring substituents is 1. The Morgan fingerprint density at radius 3 is 2.22 bits per heavy atom. The van der Waals surface area contributed by atoms with E-state index < -0.39 is 35.0 Å². The molecule has 9 nitrogen and oxygen atoms in total. The summed E-state index contributed by atoms with van der Waals surface area (Å²) in [5, 5.41) is 24.4. The van der Waals surface area contributed by atoms with E-state index in [0.29, 0.717) is 17.0 Å². The summed E-state index contributed by atoms with van der Waals surface area (Å²) >= 11 is 0. The van der Waals surface area contributed by atoms with Gasteiger partial charge in [0.25, 0.3) is 5.69 Å². The molecule has 1 aliphatic heterocycles. The van der Waals surface area contributed by atoms with Crippen LogP contribution < -0.4 is 5.32 Å². The fourth-order valence-electron chi connectivity index (χ4n) is 4.54. The van der Waals surface area contributed by atoms with Crippen molar-refractivity contribution in [3.8, 4) is 0 Å². The third kappa shape index (κ3) is 5.46. The van der Waals surface area contributed by atoms with Crippen molar-refractivity contribution in [2.24, 2.45) is 5.92 Å². The number of esters is 1. The molecule has 2 aromatic rings. The Bertz CT molecular complexity index is 1220. The minimum absolute atomic E-state index is 0.0760. The van der Waals surface area contributed by atoms with Gasteiger partial charge in [0.05, 0.1) is 22.0 Å². The molecule has 0 aromatic heterocycles. The first kappa shape index (κ1) is 26.6. The summed E-state index contributed by atoms with van der Waals surface area (Å²) in [5.74, 6) is -3.17. The molecule has 36 heavy (non-hydrogen) atoms. The molecule has 0 radical (unpaired) electrons. The number of aliphatic carboxylic acids is 1. The van der Waals surface area contributed by atoms with Gasteiger partial charge >= 0.3 is 11.9 Å². The van der Waals surface area contributed by atoms with E-state index >= 15 is 0 Å². The zero-order chi connectivity index (χ0) is 26.6. The predicted octanol–water partition coefficient (Wildman–Crippen LogP) is 4.87. The van der Waals surface area contributed by atoms with Crippen LogP contribution >= 0.6 is 0 Å².